The number of fused-ring (bicyclic) bond motifs is 1. The van der Waals surface area contributed by atoms with Crippen LogP contribution in [0.5, 0.6) is 0 Å². The van der Waals surface area contributed by atoms with Crippen LogP contribution in [0, 0.1) is 34.5 Å². The van der Waals surface area contributed by atoms with Crippen molar-refractivity contribution in [2.45, 2.75) is 58.4 Å². The Hall–Kier alpha value is -1.87. The highest BCUT2D eigenvalue weighted by Crippen LogP contribution is 2.60. The van der Waals surface area contributed by atoms with E-state index < -0.39 is 0 Å². The number of carbonyl (C=O) groups is 2. The molecule has 1 aliphatic heterocycles. The van der Waals surface area contributed by atoms with Gasteiger partial charge in [-0.25, -0.2) is 0 Å². The third kappa shape index (κ3) is 2.70. The quantitative estimate of drug-likeness (QED) is 0.847. The van der Waals surface area contributed by atoms with Gasteiger partial charge in [0.1, 0.15) is 11.1 Å². The number of nitrogens with zero attached hydrogens (tertiary/aromatic N) is 2. The molecule has 4 bridgehead atoms. The van der Waals surface area contributed by atoms with Crippen molar-refractivity contribution in [3.63, 3.8) is 0 Å². The van der Waals surface area contributed by atoms with E-state index in [0.717, 1.165) is 47.5 Å². The number of hydrogen-bond acceptors (Lipinski definition) is 4. The first kappa shape index (κ1) is 17.2. The van der Waals surface area contributed by atoms with Crippen LogP contribution in [0.25, 0.3) is 0 Å². The van der Waals surface area contributed by atoms with Crippen molar-refractivity contribution in [1.29, 1.82) is 5.26 Å². The highest BCUT2D eigenvalue weighted by Gasteiger charge is 2.54. The summed E-state index contributed by atoms with van der Waals surface area (Å²) in [7, 11) is 0. The maximum Gasteiger partial charge on any atom is 0.231 e. The van der Waals surface area contributed by atoms with Crippen molar-refractivity contribution >= 4 is 28.2 Å². The molecule has 4 saturated carbocycles. The fraction of sp³-hybridized carbons (Fsp3) is 0.667. The number of rotatable bonds is 2. The van der Waals surface area contributed by atoms with Crippen LogP contribution in [0.1, 0.15) is 61.5 Å². The maximum atomic E-state index is 13.3. The minimum Gasteiger partial charge on any atom is -0.337 e. The number of amides is 2. The van der Waals surface area contributed by atoms with Crippen molar-refractivity contribution in [2.24, 2.45) is 23.2 Å². The standard InChI is InChI=1S/C21H25N3O2S/c1-12(25)24-3-2-16-17(10-22)19(27-18(16)11-24)23-20(26)21-7-13-4-14(8-21)6-15(5-13)9-21/h13-15H,2-9,11H2,1H3,(H,23,26). The number of nitrogens with one attached hydrogen (secondary N) is 1. The van der Waals surface area contributed by atoms with Gasteiger partial charge in [0, 0.05) is 18.3 Å². The van der Waals surface area contributed by atoms with Gasteiger partial charge in [-0.05, 0) is 68.3 Å². The van der Waals surface area contributed by atoms with Gasteiger partial charge >= 0.3 is 0 Å². The largest absolute Gasteiger partial charge is 0.337 e. The smallest absolute Gasteiger partial charge is 0.231 e. The SMILES string of the molecule is CC(=O)N1CCc2c(sc(NC(=O)C34CC5CC(CC(C5)C3)C4)c2C#N)C1. The Morgan fingerprint density at radius 3 is 2.37 bits per heavy atom. The molecule has 6 heteroatoms. The van der Waals surface area contributed by atoms with E-state index in [1.54, 1.807) is 6.92 Å². The third-order valence-corrected chi connectivity index (χ3v) is 8.49. The molecule has 0 saturated heterocycles. The molecule has 0 atom stereocenters. The number of thiophene rings is 1. The molecule has 2 heterocycles. The van der Waals surface area contributed by atoms with Crippen LogP contribution in [0.3, 0.4) is 0 Å². The van der Waals surface area contributed by atoms with E-state index >= 15 is 0 Å². The molecular weight excluding hydrogens is 358 g/mol. The molecule has 6 rings (SSSR count). The summed E-state index contributed by atoms with van der Waals surface area (Å²) in [6, 6.07) is 2.32. The van der Waals surface area contributed by atoms with Gasteiger partial charge in [0.2, 0.25) is 11.8 Å². The van der Waals surface area contributed by atoms with Gasteiger partial charge in [0.25, 0.3) is 0 Å². The average Bonchev–Trinajstić information content (AvgIpc) is 2.96. The highest BCUT2D eigenvalue weighted by atomic mass is 32.1. The summed E-state index contributed by atoms with van der Waals surface area (Å²) in [5.74, 6) is 2.36. The minimum absolute atomic E-state index is 0.0618. The van der Waals surface area contributed by atoms with Gasteiger partial charge in [-0.3, -0.25) is 9.59 Å². The molecule has 142 valence electrons. The average molecular weight is 384 g/mol. The molecule has 5 nitrogen and oxygen atoms in total. The molecule has 27 heavy (non-hydrogen) atoms. The van der Waals surface area contributed by atoms with Crippen LogP contribution in [-0.4, -0.2) is 23.3 Å². The lowest BCUT2D eigenvalue weighted by Gasteiger charge is -2.55. The monoisotopic (exact) mass is 383 g/mol. The van der Waals surface area contributed by atoms with E-state index in [0.29, 0.717) is 30.1 Å². The van der Waals surface area contributed by atoms with Gasteiger partial charge < -0.3 is 10.2 Å². The Balaban J connectivity index is 1.41. The molecule has 0 aromatic carbocycles. The van der Waals surface area contributed by atoms with Crippen LogP contribution < -0.4 is 5.32 Å². The normalized spacial score (nSPS) is 33.5. The lowest BCUT2D eigenvalue weighted by atomic mass is 9.49. The van der Waals surface area contributed by atoms with Gasteiger partial charge in [-0.2, -0.15) is 5.26 Å². The van der Waals surface area contributed by atoms with Gasteiger partial charge in [-0.15, -0.1) is 11.3 Å². The lowest BCUT2D eigenvalue weighted by molar-refractivity contribution is -0.140. The van der Waals surface area contributed by atoms with Crippen LogP contribution in [0.2, 0.25) is 0 Å². The molecule has 0 spiro atoms. The Kier molecular flexibility index (Phi) is 3.87. The molecule has 4 aliphatic carbocycles. The fourth-order valence-corrected chi connectivity index (χ4v) is 7.71. The summed E-state index contributed by atoms with van der Waals surface area (Å²) in [5.41, 5.74) is 1.44. The number of hydrogen-bond donors (Lipinski definition) is 1. The summed E-state index contributed by atoms with van der Waals surface area (Å²) in [6.07, 6.45) is 7.70. The summed E-state index contributed by atoms with van der Waals surface area (Å²) in [4.78, 5) is 27.9. The van der Waals surface area contributed by atoms with Gasteiger partial charge in [-0.1, -0.05) is 0 Å². The zero-order valence-corrected chi connectivity index (χ0v) is 16.5. The topological polar surface area (TPSA) is 73.2 Å². The highest BCUT2D eigenvalue weighted by molar-refractivity contribution is 7.16. The third-order valence-electron chi connectivity index (χ3n) is 7.36. The molecule has 5 aliphatic rings. The summed E-state index contributed by atoms with van der Waals surface area (Å²) >= 11 is 1.49. The van der Waals surface area contributed by atoms with Gasteiger partial charge in [0.05, 0.1) is 17.5 Å². The van der Waals surface area contributed by atoms with Crippen molar-refractivity contribution in [2.75, 3.05) is 11.9 Å². The summed E-state index contributed by atoms with van der Waals surface area (Å²) in [6.45, 7) is 2.78. The van der Waals surface area contributed by atoms with Crippen LogP contribution in [0.4, 0.5) is 5.00 Å². The fourth-order valence-electron chi connectivity index (χ4n) is 6.50. The zero-order valence-electron chi connectivity index (χ0n) is 15.7. The molecule has 4 fully saturated rings. The predicted molar refractivity (Wildman–Crippen MR) is 103 cm³/mol. The molecule has 1 aromatic heterocycles. The van der Waals surface area contributed by atoms with Crippen LogP contribution in [-0.2, 0) is 22.6 Å². The van der Waals surface area contributed by atoms with Crippen LogP contribution in [0.15, 0.2) is 0 Å². The number of carbonyl (C=O) groups excluding carboxylic acids is 2. The van der Waals surface area contributed by atoms with E-state index in [9.17, 15) is 14.9 Å². The number of nitriles is 1. The molecule has 1 aromatic rings. The van der Waals surface area contributed by atoms with E-state index in [4.69, 9.17) is 0 Å². The van der Waals surface area contributed by atoms with E-state index in [-0.39, 0.29) is 17.2 Å². The zero-order chi connectivity index (χ0) is 18.8. The van der Waals surface area contributed by atoms with Crippen molar-refractivity contribution in [3.8, 4) is 6.07 Å². The Bertz CT molecular complexity index is 830. The lowest BCUT2D eigenvalue weighted by Crippen LogP contribution is -2.51. The van der Waals surface area contributed by atoms with Crippen molar-refractivity contribution in [3.05, 3.63) is 16.0 Å². The van der Waals surface area contributed by atoms with E-state index in [1.807, 2.05) is 4.90 Å². The van der Waals surface area contributed by atoms with Crippen molar-refractivity contribution in [1.82, 2.24) is 4.90 Å². The number of anilines is 1. The Morgan fingerprint density at radius 2 is 1.81 bits per heavy atom. The van der Waals surface area contributed by atoms with E-state index in [1.165, 1.54) is 30.6 Å². The van der Waals surface area contributed by atoms with Crippen molar-refractivity contribution < 1.29 is 9.59 Å². The van der Waals surface area contributed by atoms with Gasteiger partial charge in [0.15, 0.2) is 0 Å². The molecular formula is C21H25N3O2S. The second-order valence-electron chi connectivity index (χ2n) is 9.16. The Morgan fingerprint density at radius 1 is 1.19 bits per heavy atom. The van der Waals surface area contributed by atoms with Crippen LogP contribution >= 0.6 is 11.3 Å². The molecule has 0 unspecified atom stereocenters. The predicted octanol–water partition coefficient (Wildman–Crippen LogP) is 3.68. The first-order chi connectivity index (χ1) is 13.0. The minimum atomic E-state index is -0.211. The molecule has 0 radical (unpaired) electrons. The second kappa shape index (κ2) is 6.07. The first-order valence-electron chi connectivity index (χ1n) is 10.1. The first-order valence-corrected chi connectivity index (χ1v) is 10.9. The van der Waals surface area contributed by atoms with E-state index in [2.05, 4.69) is 11.4 Å². The maximum absolute atomic E-state index is 13.3. The Labute approximate surface area is 163 Å². The molecule has 2 amide bonds. The summed E-state index contributed by atoms with van der Waals surface area (Å²) in [5, 5.41) is 13.6. The molecule has 1 N–H and O–H groups in total. The summed E-state index contributed by atoms with van der Waals surface area (Å²) < 4.78 is 0. The second-order valence-corrected chi connectivity index (χ2v) is 10.3.